The molecule has 0 saturated carbocycles. The van der Waals surface area contributed by atoms with Gasteiger partial charge in [0.25, 0.3) is 0 Å². The fourth-order valence-corrected chi connectivity index (χ4v) is 3.55. The number of hydrogen-bond acceptors (Lipinski definition) is 4. The van der Waals surface area contributed by atoms with Crippen LogP contribution in [0.4, 0.5) is 0 Å². The molecule has 0 radical (unpaired) electrons. The number of aromatic nitrogens is 1. The minimum absolute atomic E-state index is 0.631. The molecule has 2 aromatic rings. The van der Waals surface area contributed by atoms with Crippen LogP contribution < -0.4 is 0 Å². The summed E-state index contributed by atoms with van der Waals surface area (Å²) in [5, 5.41) is 12.0. The number of hydrogen-bond donors (Lipinski definition) is 1. The first-order chi connectivity index (χ1) is 9.16. The molecular formula is C13H10ClNO2S2. The lowest BCUT2D eigenvalue weighted by molar-refractivity contribution is -0.131. The van der Waals surface area contributed by atoms with Crippen LogP contribution in [0.3, 0.4) is 0 Å². The second-order valence-electron chi connectivity index (χ2n) is 3.55. The van der Waals surface area contributed by atoms with Gasteiger partial charge in [0.05, 0.1) is 5.02 Å². The van der Waals surface area contributed by atoms with Gasteiger partial charge in [0, 0.05) is 22.9 Å². The molecule has 0 fully saturated rings. The van der Waals surface area contributed by atoms with Crippen molar-refractivity contribution in [3.8, 4) is 0 Å². The quantitative estimate of drug-likeness (QED) is 0.664. The van der Waals surface area contributed by atoms with Gasteiger partial charge in [-0.25, -0.2) is 9.78 Å². The van der Waals surface area contributed by atoms with E-state index in [-0.39, 0.29) is 0 Å². The Morgan fingerprint density at radius 2 is 2.37 bits per heavy atom. The molecule has 0 atom stereocenters. The maximum Gasteiger partial charge on any atom is 0.328 e. The molecule has 98 valence electrons. The number of aliphatic carboxylic acids is 1. The molecule has 0 unspecified atom stereocenters. The highest BCUT2D eigenvalue weighted by Gasteiger charge is 2.06. The third-order valence-corrected chi connectivity index (χ3v) is 4.82. The number of carbonyl (C=O) groups is 1. The first-order valence-electron chi connectivity index (χ1n) is 5.37. The van der Waals surface area contributed by atoms with Gasteiger partial charge in [-0.05, 0) is 35.2 Å². The molecule has 0 aliphatic heterocycles. The van der Waals surface area contributed by atoms with Crippen molar-refractivity contribution in [1.29, 1.82) is 0 Å². The van der Waals surface area contributed by atoms with Gasteiger partial charge in [0.2, 0.25) is 0 Å². The number of nitrogens with zero attached hydrogens (tertiary/aromatic N) is 1. The minimum Gasteiger partial charge on any atom is -0.478 e. The topological polar surface area (TPSA) is 50.2 Å². The van der Waals surface area contributed by atoms with E-state index in [1.165, 1.54) is 11.8 Å². The maximum atomic E-state index is 10.5. The summed E-state index contributed by atoms with van der Waals surface area (Å²) in [6, 6.07) is 5.50. The highest BCUT2D eigenvalue weighted by Crippen LogP contribution is 2.30. The summed E-state index contributed by atoms with van der Waals surface area (Å²) >= 11 is 9.16. The van der Waals surface area contributed by atoms with Gasteiger partial charge in [-0.15, -0.1) is 11.3 Å². The summed E-state index contributed by atoms with van der Waals surface area (Å²) in [7, 11) is 0. The zero-order valence-electron chi connectivity index (χ0n) is 9.75. The highest BCUT2D eigenvalue weighted by atomic mass is 35.5. The number of pyridine rings is 1. The van der Waals surface area contributed by atoms with Crippen LogP contribution in [-0.4, -0.2) is 16.1 Å². The summed E-state index contributed by atoms with van der Waals surface area (Å²) in [6.45, 7) is 0. The van der Waals surface area contributed by atoms with Crippen LogP contribution in [0.15, 0.2) is 40.9 Å². The lowest BCUT2D eigenvalue weighted by Crippen LogP contribution is -1.87. The van der Waals surface area contributed by atoms with Crippen molar-refractivity contribution in [2.24, 2.45) is 0 Å². The lowest BCUT2D eigenvalue weighted by Gasteiger charge is -2.02. The monoisotopic (exact) mass is 311 g/mol. The van der Waals surface area contributed by atoms with Crippen molar-refractivity contribution in [3.05, 3.63) is 51.3 Å². The Labute approximate surface area is 124 Å². The molecule has 2 heterocycles. The minimum atomic E-state index is -0.947. The third-order valence-electron chi connectivity index (χ3n) is 2.25. The van der Waals surface area contributed by atoms with E-state index >= 15 is 0 Å². The SMILES string of the molecule is O=C(O)C=Cc1ccsc1CSc1ncccc1Cl. The third kappa shape index (κ3) is 4.09. The molecule has 2 aromatic heterocycles. The molecule has 3 nitrogen and oxygen atoms in total. The Kier molecular flexibility index (Phi) is 5.01. The molecular weight excluding hydrogens is 302 g/mol. The highest BCUT2D eigenvalue weighted by molar-refractivity contribution is 7.98. The van der Waals surface area contributed by atoms with Gasteiger partial charge in [0.1, 0.15) is 5.03 Å². The van der Waals surface area contributed by atoms with Crippen LogP contribution in [-0.2, 0) is 10.5 Å². The van der Waals surface area contributed by atoms with Crippen LogP contribution in [0, 0.1) is 0 Å². The number of carboxylic acids is 1. The second kappa shape index (κ2) is 6.75. The summed E-state index contributed by atoms with van der Waals surface area (Å²) in [4.78, 5) is 15.8. The molecule has 1 N–H and O–H groups in total. The van der Waals surface area contributed by atoms with Crippen molar-refractivity contribution in [2.75, 3.05) is 0 Å². The molecule has 0 bridgehead atoms. The molecule has 19 heavy (non-hydrogen) atoms. The number of rotatable bonds is 5. The summed E-state index contributed by atoms with van der Waals surface area (Å²) < 4.78 is 0. The predicted octanol–water partition coefficient (Wildman–Crippen LogP) is 4.19. The Balaban J connectivity index is 2.06. The Bertz CT molecular complexity index is 610. The molecule has 6 heteroatoms. The van der Waals surface area contributed by atoms with E-state index in [9.17, 15) is 4.79 Å². The fourth-order valence-electron chi connectivity index (χ4n) is 1.39. The van der Waals surface area contributed by atoms with E-state index in [1.807, 2.05) is 11.4 Å². The van der Waals surface area contributed by atoms with Crippen LogP contribution in [0.2, 0.25) is 5.02 Å². The van der Waals surface area contributed by atoms with Crippen molar-refractivity contribution in [1.82, 2.24) is 4.98 Å². The summed E-state index contributed by atoms with van der Waals surface area (Å²) in [6.07, 6.45) is 4.45. The predicted molar refractivity (Wildman–Crippen MR) is 79.8 cm³/mol. The summed E-state index contributed by atoms with van der Waals surface area (Å²) in [5.41, 5.74) is 0.923. The molecule has 0 aliphatic rings. The Morgan fingerprint density at radius 1 is 1.53 bits per heavy atom. The van der Waals surface area contributed by atoms with Crippen molar-refractivity contribution in [3.63, 3.8) is 0 Å². The number of carboxylic acid groups (broad SMARTS) is 1. The van der Waals surface area contributed by atoms with E-state index in [0.29, 0.717) is 10.8 Å². The van der Waals surface area contributed by atoms with Crippen LogP contribution in [0.1, 0.15) is 10.4 Å². The first-order valence-corrected chi connectivity index (χ1v) is 7.62. The first kappa shape index (κ1) is 14.1. The average Bonchev–Trinajstić information content (AvgIpc) is 2.83. The maximum absolute atomic E-state index is 10.5. The lowest BCUT2D eigenvalue weighted by atomic mass is 10.2. The molecule has 0 spiro atoms. The normalized spacial score (nSPS) is 11.0. The summed E-state index contributed by atoms with van der Waals surface area (Å²) in [5.74, 6) is -0.231. The Hall–Kier alpha value is -1.30. The zero-order chi connectivity index (χ0) is 13.7. The van der Waals surface area contributed by atoms with Crippen molar-refractivity contribution in [2.45, 2.75) is 10.8 Å². The van der Waals surface area contributed by atoms with Crippen molar-refractivity contribution < 1.29 is 9.90 Å². The molecule has 0 amide bonds. The largest absolute Gasteiger partial charge is 0.478 e. The molecule has 0 aliphatic carbocycles. The average molecular weight is 312 g/mol. The van der Waals surface area contributed by atoms with Gasteiger partial charge in [-0.3, -0.25) is 0 Å². The fraction of sp³-hybridized carbons (Fsp3) is 0.0769. The van der Waals surface area contributed by atoms with E-state index in [4.69, 9.17) is 16.7 Å². The van der Waals surface area contributed by atoms with Crippen molar-refractivity contribution >= 4 is 46.7 Å². The zero-order valence-corrected chi connectivity index (χ0v) is 12.1. The van der Waals surface area contributed by atoms with Gasteiger partial charge >= 0.3 is 5.97 Å². The van der Waals surface area contributed by atoms with E-state index in [0.717, 1.165) is 21.5 Å². The van der Waals surface area contributed by atoms with E-state index < -0.39 is 5.97 Å². The number of thiophene rings is 1. The molecule has 0 saturated heterocycles. The van der Waals surface area contributed by atoms with Gasteiger partial charge in [-0.1, -0.05) is 23.4 Å². The van der Waals surface area contributed by atoms with Gasteiger partial charge < -0.3 is 5.11 Å². The van der Waals surface area contributed by atoms with E-state index in [2.05, 4.69) is 4.98 Å². The number of thioether (sulfide) groups is 1. The van der Waals surface area contributed by atoms with Gasteiger partial charge in [-0.2, -0.15) is 0 Å². The smallest absolute Gasteiger partial charge is 0.328 e. The van der Waals surface area contributed by atoms with Crippen LogP contribution in [0.5, 0.6) is 0 Å². The van der Waals surface area contributed by atoms with Crippen LogP contribution in [0.25, 0.3) is 6.08 Å². The Morgan fingerprint density at radius 3 is 3.11 bits per heavy atom. The number of halogens is 1. The second-order valence-corrected chi connectivity index (χ2v) is 5.92. The van der Waals surface area contributed by atoms with Crippen LogP contribution >= 0.6 is 34.7 Å². The molecule has 2 rings (SSSR count). The molecule has 0 aromatic carbocycles. The van der Waals surface area contributed by atoms with E-state index in [1.54, 1.807) is 35.7 Å². The van der Waals surface area contributed by atoms with Gasteiger partial charge in [0.15, 0.2) is 0 Å². The standard InChI is InChI=1S/C13H10ClNO2S2/c14-10-2-1-6-15-13(10)19-8-11-9(5-7-18-11)3-4-12(16)17/h1-7H,8H2,(H,16,17).